The van der Waals surface area contributed by atoms with Crippen molar-refractivity contribution in [2.24, 2.45) is 0 Å². The zero-order valence-electron chi connectivity index (χ0n) is 13.7. The van der Waals surface area contributed by atoms with Crippen molar-refractivity contribution in [3.05, 3.63) is 59.7 Å². The third kappa shape index (κ3) is 4.98. The Kier molecular flexibility index (Phi) is 6.44. The zero-order chi connectivity index (χ0) is 16.7. The molecule has 0 bridgehead atoms. The number of hydrogen-bond donors (Lipinski definition) is 3. The molecule has 0 saturated heterocycles. The molecule has 0 spiro atoms. The van der Waals surface area contributed by atoms with Crippen molar-refractivity contribution < 1.29 is 14.9 Å². The molecule has 2 aromatic carbocycles. The summed E-state index contributed by atoms with van der Waals surface area (Å²) in [5.74, 6) is 0.881. The normalized spacial score (nSPS) is 13.5. The highest BCUT2D eigenvalue weighted by atomic mass is 16.5. The van der Waals surface area contributed by atoms with Crippen LogP contribution in [0.3, 0.4) is 0 Å². The van der Waals surface area contributed by atoms with E-state index in [9.17, 15) is 10.2 Å². The van der Waals surface area contributed by atoms with E-state index < -0.39 is 0 Å². The Hall–Kier alpha value is -2.04. The van der Waals surface area contributed by atoms with E-state index in [0.29, 0.717) is 18.7 Å². The van der Waals surface area contributed by atoms with Gasteiger partial charge in [-0.25, -0.2) is 0 Å². The number of hydrogen-bond acceptors (Lipinski definition) is 4. The molecule has 0 heterocycles. The van der Waals surface area contributed by atoms with Crippen LogP contribution in [0.15, 0.2) is 48.5 Å². The van der Waals surface area contributed by atoms with Crippen LogP contribution >= 0.6 is 0 Å². The summed E-state index contributed by atoms with van der Waals surface area (Å²) in [5, 5.41) is 23.2. The fraction of sp³-hybridized carbons (Fsp3) is 0.368. The summed E-state index contributed by atoms with van der Waals surface area (Å²) in [6, 6.07) is 15.6. The van der Waals surface area contributed by atoms with E-state index in [2.05, 4.69) is 17.4 Å². The molecule has 0 saturated carbocycles. The molecule has 0 aliphatic rings. The molecule has 2 rings (SSSR count). The number of para-hydroxylation sites is 1. The molecule has 2 atom stereocenters. The summed E-state index contributed by atoms with van der Waals surface area (Å²) in [6.07, 6.45) is 0.341. The van der Waals surface area contributed by atoms with Crippen LogP contribution in [0.4, 0.5) is 0 Å². The van der Waals surface area contributed by atoms with E-state index in [1.165, 1.54) is 5.56 Å². The SMILES string of the molecule is COc1cccc(CNCC(CC(C)O)c2ccccc2)c1O. The van der Waals surface area contributed by atoms with Crippen molar-refractivity contribution in [1.29, 1.82) is 0 Å². The molecule has 23 heavy (non-hydrogen) atoms. The molecule has 2 unspecified atom stereocenters. The van der Waals surface area contributed by atoms with Crippen molar-refractivity contribution in [1.82, 2.24) is 5.32 Å². The Labute approximate surface area is 137 Å². The Morgan fingerprint density at radius 3 is 2.48 bits per heavy atom. The summed E-state index contributed by atoms with van der Waals surface area (Å²) in [4.78, 5) is 0. The number of rotatable bonds is 8. The number of phenols is 1. The van der Waals surface area contributed by atoms with E-state index >= 15 is 0 Å². The van der Waals surface area contributed by atoms with Gasteiger partial charge in [0.2, 0.25) is 0 Å². The molecule has 0 aromatic heterocycles. The van der Waals surface area contributed by atoms with Crippen LogP contribution in [-0.4, -0.2) is 30.0 Å². The average molecular weight is 315 g/mol. The minimum atomic E-state index is -0.354. The van der Waals surface area contributed by atoms with Gasteiger partial charge in [0.15, 0.2) is 11.5 Å². The van der Waals surface area contributed by atoms with E-state index in [1.54, 1.807) is 13.2 Å². The fourth-order valence-electron chi connectivity index (χ4n) is 2.73. The molecular weight excluding hydrogens is 290 g/mol. The monoisotopic (exact) mass is 315 g/mol. The van der Waals surface area contributed by atoms with E-state index in [4.69, 9.17) is 4.74 Å². The van der Waals surface area contributed by atoms with E-state index in [-0.39, 0.29) is 17.8 Å². The van der Waals surface area contributed by atoms with Crippen molar-refractivity contribution in [3.8, 4) is 11.5 Å². The van der Waals surface area contributed by atoms with Gasteiger partial charge in [-0.15, -0.1) is 0 Å². The van der Waals surface area contributed by atoms with Crippen molar-refractivity contribution in [3.63, 3.8) is 0 Å². The van der Waals surface area contributed by atoms with E-state index in [1.807, 2.05) is 37.3 Å². The number of aliphatic hydroxyl groups is 1. The molecule has 0 amide bonds. The molecule has 124 valence electrons. The van der Waals surface area contributed by atoms with Crippen molar-refractivity contribution in [2.75, 3.05) is 13.7 Å². The number of aliphatic hydroxyl groups excluding tert-OH is 1. The third-order valence-corrected chi connectivity index (χ3v) is 3.91. The first-order valence-corrected chi connectivity index (χ1v) is 7.90. The van der Waals surface area contributed by atoms with Gasteiger partial charge in [0.1, 0.15) is 0 Å². The van der Waals surface area contributed by atoms with Crippen molar-refractivity contribution >= 4 is 0 Å². The Morgan fingerprint density at radius 1 is 1.09 bits per heavy atom. The number of ether oxygens (including phenoxy) is 1. The predicted octanol–water partition coefficient (Wildman–Crippen LogP) is 3.05. The van der Waals surface area contributed by atoms with Crippen LogP contribution in [0, 0.1) is 0 Å². The van der Waals surface area contributed by atoms with Gasteiger partial charge in [0, 0.05) is 18.7 Å². The van der Waals surface area contributed by atoms with Crippen LogP contribution in [-0.2, 0) is 6.54 Å². The Morgan fingerprint density at radius 2 is 1.83 bits per heavy atom. The lowest BCUT2D eigenvalue weighted by atomic mass is 9.93. The third-order valence-electron chi connectivity index (χ3n) is 3.91. The number of nitrogens with one attached hydrogen (secondary N) is 1. The second-order valence-electron chi connectivity index (χ2n) is 5.79. The summed E-state index contributed by atoms with van der Waals surface area (Å²) >= 11 is 0. The molecule has 4 nitrogen and oxygen atoms in total. The number of methoxy groups -OCH3 is 1. The molecule has 3 N–H and O–H groups in total. The van der Waals surface area contributed by atoms with Crippen molar-refractivity contribution in [2.45, 2.75) is 31.9 Å². The van der Waals surface area contributed by atoms with Gasteiger partial charge in [0.05, 0.1) is 13.2 Å². The molecule has 4 heteroatoms. The highest BCUT2D eigenvalue weighted by Gasteiger charge is 2.14. The maximum atomic E-state index is 10.1. The summed E-state index contributed by atoms with van der Waals surface area (Å²) in [7, 11) is 1.54. The minimum Gasteiger partial charge on any atom is -0.504 e. The second kappa shape index (κ2) is 8.56. The van der Waals surface area contributed by atoms with Gasteiger partial charge < -0.3 is 20.3 Å². The van der Waals surface area contributed by atoms with Crippen LogP contribution in [0.1, 0.15) is 30.4 Å². The highest BCUT2D eigenvalue weighted by Crippen LogP contribution is 2.29. The topological polar surface area (TPSA) is 61.7 Å². The van der Waals surface area contributed by atoms with Crippen LogP contribution in [0.25, 0.3) is 0 Å². The number of phenolic OH excluding ortho intramolecular Hbond substituents is 1. The lowest BCUT2D eigenvalue weighted by molar-refractivity contribution is 0.173. The predicted molar refractivity (Wildman–Crippen MR) is 91.8 cm³/mol. The maximum absolute atomic E-state index is 10.1. The highest BCUT2D eigenvalue weighted by molar-refractivity contribution is 5.45. The first-order chi connectivity index (χ1) is 11.1. The minimum absolute atomic E-state index is 0.175. The molecule has 0 radical (unpaired) electrons. The lowest BCUT2D eigenvalue weighted by Crippen LogP contribution is -2.23. The van der Waals surface area contributed by atoms with E-state index in [0.717, 1.165) is 12.1 Å². The maximum Gasteiger partial charge on any atom is 0.162 e. The Bertz CT molecular complexity index is 599. The van der Waals surface area contributed by atoms with Gasteiger partial charge in [-0.2, -0.15) is 0 Å². The first kappa shape index (κ1) is 17.3. The quantitative estimate of drug-likeness (QED) is 0.701. The van der Waals surface area contributed by atoms with Gasteiger partial charge in [-0.05, 0) is 30.9 Å². The average Bonchev–Trinajstić information content (AvgIpc) is 2.56. The Balaban J connectivity index is 1.99. The number of benzene rings is 2. The largest absolute Gasteiger partial charge is 0.504 e. The summed E-state index contributed by atoms with van der Waals surface area (Å²) in [6.45, 7) is 3.08. The number of aromatic hydroxyl groups is 1. The molecule has 2 aromatic rings. The lowest BCUT2D eigenvalue weighted by Gasteiger charge is -2.20. The van der Waals surface area contributed by atoms with Gasteiger partial charge in [-0.3, -0.25) is 0 Å². The first-order valence-electron chi connectivity index (χ1n) is 7.90. The van der Waals surface area contributed by atoms with Gasteiger partial charge >= 0.3 is 0 Å². The van der Waals surface area contributed by atoms with Gasteiger partial charge in [0.25, 0.3) is 0 Å². The van der Waals surface area contributed by atoms with Gasteiger partial charge in [-0.1, -0.05) is 42.5 Å². The standard InChI is InChI=1S/C19H25NO3/c1-14(21)11-17(15-7-4-3-5-8-15)13-20-12-16-9-6-10-18(23-2)19(16)22/h3-10,14,17,20-22H,11-13H2,1-2H3. The molecule has 0 aliphatic heterocycles. The zero-order valence-corrected chi connectivity index (χ0v) is 13.7. The second-order valence-corrected chi connectivity index (χ2v) is 5.79. The van der Waals surface area contributed by atoms with Crippen LogP contribution < -0.4 is 10.1 Å². The fourth-order valence-corrected chi connectivity index (χ4v) is 2.73. The molecule has 0 aliphatic carbocycles. The summed E-state index contributed by atoms with van der Waals surface area (Å²) in [5.41, 5.74) is 2.00. The smallest absolute Gasteiger partial charge is 0.162 e. The molecular formula is C19H25NO3. The summed E-state index contributed by atoms with van der Waals surface area (Å²) < 4.78 is 5.12. The van der Waals surface area contributed by atoms with Crippen LogP contribution in [0.5, 0.6) is 11.5 Å². The molecule has 0 fully saturated rings. The van der Waals surface area contributed by atoms with Crippen LogP contribution in [0.2, 0.25) is 0 Å².